The summed E-state index contributed by atoms with van der Waals surface area (Å²) in [5.41, 5.74) is 9.04. The fraction of sp³-hybridized carbons (Fsp3) is 0.148. The molecule has 204 valence electrons. The van der Waals surface area contributed by atoms with Crippen molar-refractivity contribution in [3.63, 3.8) is 0 Å². The van der Waals surface area contributed by atoms with E-state index in [2.05, 4.69) is 15.3 Å². The summed E-state index contributed by atoms with van der Waals surface area (Å²) in [5.74, 6) is -0.104. The Hall–Kier alpha value is -4.79. The maximum Gasteiger partial charge on any atom is 0.412 e. The van der Waals surface area contributed by atoms with Crippen molar-refractivity contribution in [1.82, 2.24) is 4.90 Å². The largest absolute Gasteiger partial charge is 0.497 e. The van der Waals surface area contributed by atoms with Crippen LogP contribution in [0.15, 0.2) is 59.7 Å². The van der Waals surface area contributed by atoms with Gasteiger partial charge in [-0.15, -0.1) is 0 Å². The lowest BCUT2D eigenvalue weighted by molar-refractivity contribution is -0.129. The number of nitrogens with zero attached hydrogens (tertiary/aromatic N) is 3. The Morgan fingerprint density at radius 2 is 1.88 bits per heavy atom. The summed E-state index contributed by atoms with van der Waals surface area (Å²) in [4.78, 5) is 37.2. The quantitative estimate of drug-likeness (QED) is 0.164. The van der Waals surface area contributed by atoms with Gasteiger partial charge in [-0.2, -0.15) is 10.4 Å². The lowest BCUT2D eigenvalue weighted by Gasteiger charge is -2.29. The van der Waals surface area contributed by atoms with Gasteiger partial charge >= 0.3 is 12.1 Å². The van der Waals surface area contributed by atoms with E-state index in [1.807, 2.05) is 24.3 Å². The molecule has 40 heavy (non-hydrogen) atoms. The third-order valence-electron chi connectivity index (χ3n) is 5.76. The highest BCUT2D eigenvalue weighted by Crippen LogP contribution is 2.39. The summed E-state index contributed by atoms with van der Waals surface area (Å²) in [6.07, 6.45) is -0.748. The van der Waals surface area contributed by atoms with Gasteiger partial charge < -0.3 is 24.8 Å². The molecule has 0 atom stereocenters. The van der Waals surface area contributed by atoms with E-state index in [1.54, 1.807) is 30.2 Å². The molecule has 3 aromatic rings. The second-order valence-corrected chi connectivity index (χ2v) is 9.23. The van der Waals surface area contributed by atoms with Crippen molar-refractivity contribution in [2.24, 2.45) is 10.8 Å². The topological polar surface area (TPSA) is 156 Å². The molecular weight excluding hydrogens is 561 g/mol. The first-order valence-electron chi connectivity index (χ1n) is 11.7. The number of methoxy groups -OCH3 is 1. The number of benzene rings is 3. The maximum atomic E-state index is 13.1. The van der Waals surface area contributed by atoms with Crippen molar-refractivity contribution >= 4 is 52.6 Å². The number of hydrazone groups is 1. The zero-order chi connectivity index (χ0) is 28.8. The summed E-state index contributed by atoms with van der Waals surface area (Å²) in [6.45, 7) is 0.998. The summed E-state index contributed by atoms with van der Waals surface area (Å²) < 4.78 is 15.3. The molecule has 11 nitrogen and oxygen atoms in total. The minimum atomic E-state index is -1.38. The van der Waals surface area contributed by atoms with Crippen LogP contribution in [-0.2, 0) is 22.5 Å². The number of nitriles is 1. The Morgan fingerprint density at radius 1 is 1.12 bits per heavy atom. The van der Waals surface area contributed by atoms with Gasteiger partial charge in [-0.3, -0.25) is 10.2 Å². The minimum Gasteiger partial charge on any atom is -0.497 e. The number of carbonyl (C=O) groups is 3. The molecule has 1 aliphatic heterocycles. The van der Waals surface area contributed by atoms with E-state index in [0.717, 1.165) is 16.9 Å². The van der Waals surface area contributed by atoms with Crippen LogP contribution in [0.4, 0.5) is 10.5 Å². The zero-order valence-corrected chi connectivity index (χ0v) is 22.5. The molecule has 0 bridgehead atoms. The average Bonchev–Trinajstić information content (AvgIpc) is 2.92. The molecule has 3 aromatic carbocycles. The first-order valence-corrected chi connectivity index (χ1v) is 12.4. The number of hydrogen-bond donors (Lipinski definition) is 2. The van der Waals surface area contributed by atoms with Crippen molar-refractivity contribution in [2.45, 2.75) is 13.0 Å². The van der Waals surface area contributed by atoms with Crippen molar-refractivity contribution in [3.05, 3.63) is 81.3 Å². The first-order chi connectivity index (χ1) is 19.2. The summed E-state index contributed by atoms with van der Waals surface area (Å²) in [7, 11) is 1.60. The van der Waals surface area contributed by atoms with Gasteiger partial charge in [0.15, 0.2) is 5.75 Å². The number of hydrogen-bond acceptors (Lipinski definition) is 9. The molecule has 0 spiro atoms. The van der Waals surface area contributed by atoms with Crippen LogP contribution >= 0.6 is 23.2 Å². The summed E-state index contributed by atoms with van der Waals surface area (Å²) >= 11 is 12.7. The molecule has 1 heterocycles. The number of anilines is 1. The average molecular weight is 582 g/mol. The van der Waals surface area contributed by atoms with Crippen LogP contribution in [0, 0.1) is 11.3 Å². The van der Waals surface area contributed by atoms with Gasteiger partial charge in [-0.1, -0.05) is 35.3 Å². The monoisotopic (exact) mass is 581 g/mol. The summed E-state index contributed by atoms with van der Waals surface area (Å²) in [5, 5.41) is 12.8. The molecule has 0 saturated heterocycles. The Labute approximate surface area is 238 Å². The van der Waals surface area contributed by atoms with Gasteiger partial charge in [-0.05, 0) is 60.0 Å². The number of amides is 2. The van der Waals surface area contributed by atoms with Crippen LogP contribution in [0.5, 0.6) is 17.2 Å². The third-order valence-corrected chi connectivity index (χ3v) is 6.32. The number of rotatable bonds is 8. The van der Waals surface area contributed by atoms with E-state index >= 15 is 0 Å². The van der Waals surface area contributed by atoms with Gasteiger partial charge in [-0.25, -0.2) is 9.59 Å². The second kappa shape index (κ2) is 12.4. The smallest absolute Gasteiger partial charge is 0.412 e. The molecule has 13 heteroatoms. The Bertz CT molecular complexity index is 1550. The van der Waals surface area contributed by atoms with Crippen LogP contribution in [-0.4, -0.2) is 42.2 Å². The SMILES string of the molecule is COc1cccc(CN2CCc3cc(Oc4c(Cl)cc(NN=C(C#N)C(=O)OC(N)=O)cc4Cl)ccc3C2=O)c1. The predicted molar refractivity (Wildman–Crippen MR) is 147 cm³/mol. The molecule has 0 fully saturated rings. The normalized spacial score (nSPS) is 12.7. The van der Waals surface area contributed by atoms with Crippen molar-refractivity contribution in [3.8, 4) is 23.3 Å². The molecule has 0 radical (unpaired) electrons. The third kappa shape index (κ3) is 6.61. The maximum absolute atomic E-state index is 13.1. The van der Waals surface area contributed by atoms with Gasteiger partial charge in [0.05, 0.1) is 22.8 Å². The molecule has 0 saturated carbocycles. The lowest BCUT2D eigenvalue weighted by atomic mass is 9.98. The zero-order valence-electron chi connectivity index (χ0n) is 20.9. The molecule has 0 aliphatic carbocycles. The minimum absolute atomic E-state index is 0.0842. The highest BCUT2D eigenvalue weighted by Gasteiger charge is 2.25. The number of carbonyl (C=O) groups excluding carboxylic acids is 3. The number of esters is 1. The van der Waals surface area contributed by atoms with Crippen molar-refractivity contribution < 1.29 is 28.6 Å². The molecule has 2 amide bonds. The number of primary amides is 1. The number of ether oxygens (including phenoxy) is 3. The Morgan fingerprint density at radius 3 is 2.55 bits per heavy atom. The molecule has 1 aliphatic rings. The highest BCUT2D eigenvalue weighted by molar-refractivity contribution is 6.44. The fourth-order valence-electron chi connectivity index (χ4n) is 3.93. The van der Waals surface area contributed by atoms with Crippen molar-refractivity contribution in [1.29, 1.82) is 5.26 Å². The predicted octanol–water partition coefficient (Wildman–Crippen LogP) is 4.91. The molecule has 0 aromatic heterocycles. The van der Waals surface area contributed by atoms with Gasteiger partial charge in [0.25, 0.3) is 5.91 Å². The van der Waals surface area contributed by atoms with Crippen LogP contribution in [0.1, 0.15) is 21.5 Å². The van der Waals surface area contributed by atoms with Crippen molar-refractivity contribution in [2.75, 3.05) is 19.1 Å². The second-order valence-electron chi connectivity index (χ2n) is 8.41. The first kappa shape index (κ1) is 28.2. The van der Waals surface area contributed by atoms with Crippen LogP contribution in [0.25, 0.3) is 0 Å². The van der Waals surface area contributed by atoms with E-state index < -0.39 is 17.8 Å². The molecule has 4 rings (SSSR count). The Balaban J connectivity index is 1.46. The van der Waals surface area contributed by atoms with Gasteiger partial charge in [0.2, 0.25) is 5.71 Å². The number of halogens is 2. The van der Waals surface area contributed by atoms with E-state index in [4.69, 9.17) is 43.7 Å². The Kier molecular flexibility index (Phi) is 8.73. The van der Waals surface area contributed by atoms with Crippen LogP contribution in [0.3, 0.4) is 0 Å². The van der Waals surface area contributed by atoms with Gasteiger partial charge in [0, 0.05) is 18.7 Å². The summed E-state index contributed by atoms with van der Waals surface area (Å²) in [6, 6.07) is 17.0. The standard InChI is InChI=1S/C27H21Cl2N5O6/c1-38-18-4-2-3-15(9-18)14-34-8-7-16-10-19(5-6-20(16)25(34)35)39-24-21(28)11-17(12-22(24)29)32-33-23(13-30)26(36)40-27(31)37/h2-6,9-12,32H,7-8,14H2,1H3,(H2,31,37). The van der Waals surface area contributed by atoms with E-state index in [9.17, 15) is 14.4 Å². The van der Waals surface area contributed by atoms with Crippen LogP contribution in [0.2, 0.25) is 10.0 Å². The van der Waals surface area contributed by atoms with E-state index in [1.165, 1.54) is 18.2 Å². The number of nitrogens with one attached hydrogen (secondary N) is 1. The van der Waals surface area contributed by atoms with Crippen LogP contribution < -0.4 is 20.6 Å². The number of nitrogens with two attached hydrogens (primary N) is 1. The van der Waals surface area contributed by atoms with E-state index in [0.29, 0.717) is 30.8 Å². The molecular formula is C27H21Cl2N5O6. The fourth-order valence-corrected chi connectivity index (χ4v) is 4.50. The molecule has 0 unspecified atom stereocenters. The van der Waals surface area contributed by atoms with E-state index in [-0.39, 0.29) is 27.4 Å². The molecule has 3 N–H and O–H groups in total. The highest BCUT2D eigenvalue weighted by atomic mass is 35.5. The van der Waals surface area contributed by atoms with Gasteiger partial charge in [0.1, 0.15) is 17.6 Å². The number of fused-ring (bicyclic) bond motifs is 1. The lowest BCUT2D eigenvalue weighted by Crippen LogP contribution is -2.37.